The van der Waals surface area contributed by atoms with Crippen LogP contribution in [0, 0.1) is 11.3 Å². The number of rotatable bonds is 3. The summed E-state index contributed by atoms with van der Waals surface area (Å²) in [6.45, 7) is -0.129. The van der Waals surface area contributed by atoms with E-state index in [1.54, 1.807) is 42.5 Å². The average molecular weight is 240 g/mol. The molecule has 0 fully saturated rings. The van der Waals surface area contributed by atoms with Crippen LogP contribution in [0.3, 0.4) is 0 Å². The Morgan fingerprint density at radius 3 is 2.39 bits per heavy atom. The number of hydrogen-bond donors (Lipinski definition) is 2. The number of benzene rings is 2. The van der Waals surface area contributed by atoms with E-state index in [9.17, 15) is 0 Å². The summed E-state index contributed by atoms with van der Waals surface area (Å²) >= 11 is 0. The van der Waals surface area contributed by atoms with Crippen molar-refractivity contribution in [2.75, 3.05) is 5.73 Å². The molecule has 0 aliphatic heterocycles. The van der Waals surface area contributed by atoms with Crippen molar-refractivity contribution in [3.05, 3.63) is 53.6 Å². The van der Waals surface area contributed by atoms with Gasteiger partial charge >= 0.3 is 0 Å². The van der Waals surface area contributed by atoms with Gasteiger partial charge in [0, 0.05) is 11.3 Å². The molecule has 2 rings (SSSR count). The fourth-order valence-corrected chi connectivity index (χ4v) is 1.52. The first kappa shape index (κ1) is 12.0. The highest BCUT2D eigenvalue weighted by Gasteiger charge is 2.02. The van der Waals surface area contributed by atoms with E-state index in [0.29, 0.717) is 28.3 Å². The zero-order valence-electron chi connectivity index (χ0n) is 9.63. The lowest BCUT2D eigenvalue weighted by Gasteiger charge is -2.08. The van der Waals surface area contributed by atoms with Crippen LogP contribution in [0.15, 0.2) is 42.5 Å². The number of aliphatic hydroxyl groups is 1. The molecule has 2 aromatic carbocycles. The van der Waals surface area contributed by atoms with Gasteiger partial charge in [-0.3, -0.25) is 0 Å². The Balaban J connectivity index is 2.20. The Bertz CT molecular complexity index is 586. The standard InChI is InChI=1S/C14H12N2O2/c15-8-10-1-3-12(4-2-10)18-13-5-6-14(16)11(7-13)9-17/h1-7,17H,9,16H2. The van der Waals surface area contributed by atoms with Crippen molar-refractivity contribution in [2.24, 2.45) is 0 Å². The molecule has 0 saturated heterocycles. The number of anilines is 1. The minimum atomic E-state index is -0.129. The largest absolute Gasteiger partial charge is 0.457 e. The second kappa shape index (κ2) is 5.21. The number of ether oxygens (including phenoxy) is 1. The second-order valence-electron chi connectivity index (χ2n) is 3.76. The lowest BCUT2D eigenvalue weighted by atomic mass is 10.2. The first-order valence-corrected chi connectivity index (χ1v) is 5.40. The van der Waals surface area contributed by atoms with Gasteiger partial charge in [-0.15, -0.1) is 0 Å². The van der Waals surface area contributed by atoms with E-state index >= 15 is 0 Å². The van der Waals surface area contributed by atoms with Crippen LogP contribution in [0.1, 0.15) is 11.1 Å². The van der Waals surface area contributed by atoms with Crippen molar-refractivity contribution in [1.82, 2.24) is 0 Å². The van der Waals surface area contributed by atoms with Crippen LogP contribution in [-0.2, 0) is 6.61 Å². The van der Waals surface area contributed by atoms with Crippen LogP contribution in [0.2, 0.25) is 0 Å². The Hall–Kier alpha value is -2.51. The summed E-state index contributed by atoms with van der Waals surface area (Å²) in [4.78, 5) is 0. The first-order chi connectivity index (χ1) is 8.72. The Labute approximate surface area is 105 Å². The van der Waals surface area contributed by atoms with Gasteiger partial charge in [-0.25, -0.2) is 0 Å². The molecule has 0 aliphatic rings. The van der Waals surface area contributed by atoms with Crippen LogP contribution in [-0.4, -0.2) is 5.11 Å². The Morgan fingerprint density at radius 1 is 1.11 bits per heavy atom. The number of nitrogen functional groups attached to an aromatic ring is 1. The van der Waals surface area contributed by atoms with Crippen molar-refractivity contribution in [1.29, 1.82) is 5.26 Å². The van der Waals surface area contributed by atoms with Crippen LogP contribution in [0.4, 0.5) is 5.69 Å². The number of nitriles is 1. The van der Waals surface area contributed by atoms with Crippen molar-refractivity contribution >= 4 is 5.69 Å². The third-order valence-corrected chi connectivity index (χ3v) is 2.50. The molecule has 0 heterocycles. The molecule has 0 unspecified atom stereocenters. The van der Waals surface area contributed by atoms with E-state index in [4.69, 9.17) is 20.8 Å². The van der Waals surface area contributed by atoms with E-state index in [1.807, 2.05) is 6.07 Å². The second-order valence-corrected chi connectivity index (χ2v) is 3.76. The predicted octanol–water partition coefficient (Wildman–Crippen LogP) is 2.43. The molecule has 0 bridgehead atoms. The number of aliphatic hydroxyl groups excluding tert-OH is 1. The van der Waals surface area contributed by atoms with Crippen LogP contribution >= 0.6 is 0 Å². The molecular weight excluding hydrogens is 228 g/mol. The number of nitrogens with zero attached hydrogens (tertiary/aromatic N) is 1. The Morgan fingerprint density at radius 2 is 1.78 bits per heavy atom. The zero-order chi connectivity index (χ0) is 13.0. The van der Waals surface area contributed by atoms with Crippen molar-refractivity contribution < 1.29 is 9.84 Å². The minimum absolute atomic E-state index is 0.129. The fourth-order valence-electron chi connectivity index (χ4n) is 1.52. The SMILES string of the molecule is N#Cc1ccc(Oc2ccc(N)c(CO)c2)cc1. The van der Waals surface area contributed by atoms with Gasteiger partial charge in [-0.2, -0.15) is 5.26 Å². The van der Waals surface area contributed by atoms with Gasteiger partial charge in [0.1, 0.15) is 11.5 Å². The third kappa shape index (κ3) is 2.59. The highest BCUT2D eigenvalue weighted by Crippen LogP contribution is 2.25. The molecule has 0 aliphatic carbocycles. The molecule has 0 saturated carbocycles. The van der Waals surface area contributed by atoms with E-state index in [2.05, 4.69) is 0 Å². The van der Waals surface area contributed by atoms with Gasteiger partial charge in [0.15, 0.2) is 0 Å². The van der Waals surface area contributed by atoms with Crippen molar-refractivity contribution in [3.63, 3.8) is 0 Å². The molecular formula is C14H12N2O2. The molecule has 0 atom stereocenters. The maximum absolute atomic E-state index is 9.11. The summed E-state index contributed by atoms with van der Waals surface area (Å²) in [5, 5.41) is 17.8. The number of nitrogens with two attached hydrogens (primary N) is 1. The molecule has 2 aromatic rings. The number of hydrogen-bond acceptors (Lipinski definition) is 4. The lowest BCUT2D eigenvalue weighted by Crippen LogP contribution is -1.94. The smallest absolute Gasteiger partial charge is 0.127 e. The van der Waals surface area contributed by atoms with Gasteiger partial charge in [-0.1, -0.05) is 0 Å². The zero-order valence-corrected chi connectivity index (χ0v) is 9.63. The van der Waals surface area contributed by atoms with Crippen LogP contribution < -0.4 is 10.5 Å². The molecule has 0 amide bonds. The van der Waals surface area contributed by atoms with Crippen molar-refractivity contribution in [2.45, 2.75) is 6.61 Å². The topological polar surface area (TPSA) is 79.3 Å². The molecule has 0 spiro atoms. The molecule has 90 valence electrons. The normalized spacial score (nSPS) is 9.78. The lowest BCUT2D eigenvalue weighted by molar-refractivity contribution is 0.282. The monoisotopic (exact) mass is 240 g/mol. The maximum Gasteiger partial charge on any atom is 0.127 e. The van der Waals surface area contributed by atoms with Gasteiger partial charge in [0.25, 0.3) is 0 Å². The summed E-state index contributed by atoms with van der Waals surface area (Å²) in [5.74, 6) is 1.22. The first-order valence-electron chi connectivity index (χ1n) is 5.40. The van der Waals surface area contributed by atoms with E-state index < -0.39 is 0 Å². The summed E-state index contributed by atoms with van der Waals surface area (Å²) in [7, 11) is 0. The highest BCUT2D eigenvalue weighted by molar-refractivity contribution is 5.51. The summed E-state index contributed by atoms with van der Waals surface area (Å²) in [6.07, 6.45) is 0. The van der Waals surface area contributed by atoms with Gasteiger partial charge in [-0.05, 0) is 42.5 Å². The minimum Gasteiger partial charge on any atom is -0.457 e. The Kier molecular flexibility index (Phi) is 3.46. The fraction of sp³-hybridized carbons (Fsp3) is 0.0714. The molecule has 3 N–H and O–H groups in total. The van der Waals surface area contributed by atoms with Gasteiger partial charge in [0.2, 0.25) is 0 Å². The summed E-state index contributed by atoms with van der Waals surface area (Å²) in [5.41, 5.74) is 7.42. The molecule has 4 nitrogen and oxygen atoms in total. The predicted molar refractivity (Wildman–Crippen MR) is 68.0 cm³/mol. The van der Waals surface area contributed by atoms with Crippen molar-refractivity contribution in [3.8, 4) is 17.6 Å². The molecule has 0 aromatic heterocycles. The van der Waals surface area contributed by atoms with Crippen LogP contribution in [0.25, 0.3) is 0 Å². The van der Waals surface area contributed by atoms with E-state index in [-0.39, 0.29) is 6.61 Å². The molecule has 4 heteroatoms. The molecule has 18 heavy (non-hydrogen) atoms. The average Bonchev–Trinajstić information content (AvgIpc) is 2.42. The van der Waals surface area contributed by atoms with Gasteiger partial charge in [0.05, 0.1) is 18.2 Å². The van der Waals surface area contributed by atoms with E-state index in [1.165, 1.54) is 0 Å². The highest BCUT2D eigenvalue weighted by atomic mass is 16.5. The van der Waals surface area contributed by atoms with Gasteiger partial charge < -0.3 is 15.6 Å². The quantitative estimate of drug-likeness (QED) is 0.807. The maximum atomic E-state index is 9.11. The summed E-state index contributed by atoms with van der Waals surface area (Å²) in [6, 6.07) is 13.9. The summed E-state index contributed by atoms with van der Waals surface area (Å²) < 4.78 is 5.60. The molecule has 0 radical (unpaired) electrons. The van der Waals surface area contributed by atoms with E-state index in [0.717, 1.165) is 0 Å². The third-order valence-electron chi connectivity index (χ3n) is 2.50. The van der Waals surface area contributed by atoms with Crippen LogP contribution in [0.5, 0.6) is 11.5 Å².